The predicted molar refractivity (Wildman–Crippen MR) is 81.9 cm³/mol. The fourth-order valence-corrected chi connectivity index (χ4v) is 3.49. The maximum absolute atomic E-state index is 13.1. The van der Waals surface area contributed by atoms with Crippen LogP contribution in [0.1, 0.15) is 32.3 Å². The van der Waals surface area contributed by atoms with Crippen molar-refractivity contribution in [2.24, 2.45) is 11.8 Å². The fourth-order valence-electron chi connectivity index (χ4n) is 3.49. The van der Waals surface area contributed by atoms with Gasteiger partial charge in [0.1, 0.15) is 0 Å². The number of pyridine rings is 1. The van der Waals surface area contributed by atoms with Crippen molar-refractivity contribution in [1.29, 1.82) is 0 Å². The second-order valence-corrected chi connectivity index (χ2v) is 6.23. The Balaban J connectivity index is 2.09. The molecule has 4 heteroatoms. The zero-order valence-corrected chi connectivity index (χ0v) is 12.4. The average Bonchev–Trinajstić information content (AvgIpc) is 2.44. The summed E-state index contributed by atoms with van der Waals surface area (Å²) in [7, 11) is 0. The van der Waals surface area contributed by atoms with E-state index in [-0.39, 0.29) is 5.56 Å². The Morgan fingerprint density at radius 2 is 1.86 bits per heavy atom. The highest BCUT2D eigenvalue weighted by molar-refractivity contribution is 5.94. The van der Waals surface area contributed by atoms with Crippen LogP contribution >= 0.6 is 0 Å². The highest BCUT2D eigenvalue weighted by atomic mass is 19.3. The number of hydrogen-bond acceptors (Lipinski definition) is 2. The van der Waals surface area contributed by atoms with Gasteiger partial charge in [-0.15, -0.1) is 0 Å². The number of nitrogens with zero attached hydrogens (tertiary/aromatic N) is 2. The van der Waals surface area contributed by atoms with Crippen LogP contribution in [0.15, 0.2) is 30.5 Å². The van der Waals surface area contributed by atoms with Crippen molar-refractivity contribution in [3.05, 3.63) is 36.0 Å². The summed E-state index contributed by atoms with van der Waals surface area (Å²) in [5.74, 6) is 1.24. The van der Waals surface area contributed by atoms with Crippen LogP contribution in [-0.4, -0.2) is 18.1 Å². The van der Waals surface area contributed by atoms with E-state index in [1.165, 1.54) is 12.5 Å². The first kappa shape index (κ1) is 14.2. The summed E-state index contributed by atoms with van der Waals surface area (Å²) < 4.78 is 26.3. The van der Waals surface area contributed by atoms with Gasteiger partial charge >= 0.3 is 0 Å². The molecule has 112 valence electrons. The summed E-state index contributed by atoms with van der Waals surface area (Å²) in [5, 5.41) is 0.830. The zero-order chi connectivity index (χ0) is 15.0. The van der Waals surface area contributed by atoms with E-state index < -0.39 is 6.43 Å². The molecule has 0 amide bonds. The molecule has 1 aliphatic rings. The highest BCUT2D eigenvalue weighted by Gasteiger charge is 2.24. The molecule has 1 saturated heterocycles. The molecule has 1 fully saturated rings. The van der Waals surface area contributed by atoms with Gasteiger partial charge in [0.15, 0.2) is 0 Å². The number of fused-ring (bicyclic) bond motifs is 1. The molecular formula is C17H20F2N2. The van der Waals surface area contributed by atoms with E-state index >= 15 is 0 Å². The third-order valence-electron chi connectivity index (χ3n) is 4.22. The molecule has 1 unspecified atom stereocenters. The van der Waals surface area contributed by atoms with Crippen LogP contribution in [0.3, 0.4) is 0 Å². The minimum atomic E-state index is -2.49. The van der Waals surface area contributed by atoms with Crippen LogP contribution in [0.2, 0.25) is 0 Å². The number of rotatable bonds is 2. The monoisotopic (exact) mass is 290 g/mol. The van der Waals surface area contributed by atoms with Crippen LogP contribution in [0, 0.1) is 11.8 Å². The van der Waals surface area contributed by atoms with Crippen molar-refractivity contribution in [2.45, 2.75) is 26.7 Å². The van der Waals surface area contributed by atoms with Crippen LogP contribution in [0.25, 0.3) is 10.9 Å². The number of hydrogen-bond donors (Lipinski definition) is 0. The van der Waals surface area contributed by atoms with Crippen molar-refractivity contribution in [3.63, 3.8) is 0 Å². The SMILES string of the molecule is CC1C[C@H](C)CN(c2ccc(C(F)F)c3ncccc23)C1. The normalized spacial score (nSPS) is 23.0. The summed E-state index contributed by atoms with van der Waals surface area (Å²) in [6, 6.07) is 7.07. The molecule has 0 N–H and O–H groups in total. The molecule has 3 rings (SSSR count). The Morgan fingerprint density at radius 3 is 2.52 bits per heavy atom. The van der Waals surface area contributed by atoms with Gasteiger partial charge < -0.3 is 4.90 Å². The highest BCUT2D eigenvalue weighted by Crippen LogP contribution is 2.35. The average molecular weight is 290 g/mol. The smallest absolute Gasteiger partial charge is 0.265 e. The first-order chi connectivity index (χ1) is 10.1. The fraction of sp³-hybridized carbons (Fsp3) is 0.471. The molecule has 0 spiro atoms. The van der Waals surface area contributed by atoms with Crippen molar-refractivity contribution >= 4 is 16.6 Å². The largest absolute Gasteiger partial charge is 0.370 e. The summed E-state index contributed by atoms with van der Waals surface area (Å²) in [4.78, 5) is 6.51. The second-order valence-electron chi connectivity index (χ2n) is 6.23. The number of anilines is 1. The van der Waals surface area contributed by atoms with Crippen molar-refractivity contribution in [2.75, 3.05) is 18.0 Å². The summed E-state index contributed by atoms with van der Waals surface area (Å²) >= 11 is 0. The third-order valence-corrected chi connectivity index (χ3v) is 4.22. The van der Waals surface area contributed by atoms with E-state index in [1.807, 2.05) is 18.2 Å². The lowest BCUT2D eigenvalue weighted by molar-refractivity contribution is 0.153. The molecule has 0 saturated carbocycles. The van der Waals surface area contributed by atoms with Gasteiger partial charge in [-0.25, -0.2) is 8.78 Å². The molecule has 1 aromatic heterocycles. The number of halogens is 2. The lowest BCUT2D eigenvalue weighted by Crippen LogP contribution is -2.38. The Labute approximate surface area is 123 Å². The van der Waals surface area contributed by atoms with Crippen molar-refractivity contribution < 1.29 is 8.78 Å². The lowest BCUT2D eigenvalue weighted by atomic mass is 9.91. The molecule has 0 bridgehead atoms. The van der Waals surface area contributed by atoms with Crippen LogP contribution in [-0.2, 0) is 0 Å². The van der Waals surface area contributed by atoms with Crippen LogP contribution in [0.5, 0.6) is 0 Å². The molecule has 1 aliphatic heterocycles. The third kappa shape index (κ3) is 2.71. The molecule has 2 heterocycles. The van der Waals surface area contributed by atoms with Gasteiger partial charge in [0, 0.05) is 35.9 Å². The first-order valence-electron chi connectivity index (χ1n) is 7.47. The van der Waals surface area contributed by atoms with Gasteiger partial charge in [-0.2, -0.15) is 0 Å². The topological polar surface area (TPSA) is 16.1 Å². The number of piperidine rings is 1. The Morgan fingerprint density at radius 1 is 1.14 bits per heavy atom. The van der Waals surface area contributed by atoms with E-state index in [2.05, 4.69) is 23.7 Å². The lowest BCUT2D eigenvalue weighted by Gasteiger charge is -2.37. The van der Waals surface area contributed by atoms with E-state index in [0.717, 1.165) is 24.2 Å². The van der Waals surface area contributed by atoms with E-state index in [4.69, 9.17) is 0 Å². The van der Waals surface area contributed by atoms with E-state index in [9.17, 15) is 8.78 Å². The van der Waals surface area contributed by atoms with Gasteiger partial charge in [-0.3, -0.25) is 4.98 Å². The van der Waals surface area contributed by atoms with Gasteiger partial charge in [0.25, 0.3) is 6.43 Å². The molecular weight excluding hydrogens is 270 g/mol. The van der Waals surface area contributed by atoms with Gasteiger partial charge in [0.2, 0.25) is 0 Å². The Kier molecular flexibility index (Phi) is 3.79. The molecule has 2 nitrogen and oxygen atoms in total. The maximum atomic E-state index is 13.1. The minimum Gasteiger partial charge on any atom is -0.370 e. The standard InChI is InChI=1S/C17H20F2N2/c1-11-8-12(2)10-21(9-11)15-6-5-14(17(18)19)16-13(15)4-3-7-20-16/h3-7,11-12,17H,8-10H2,1-2H3/t11-,12?/m0/s1. The van der Waals surface area contributed by atoms with Crippen LogP contribution < -0.4 is 4.90 Å². The van der Waals surface area contributed by atoms with E-state index in [1.54, 1.807) is 6.20 Å². The summed E-state index contributed by atoms with van der Waals surface area (Å²) in [6.07, 6.45) is 0.317. The van der Waals surface area contributed by atoms with Crippen molar-refractivity contribution in [3.8, 4) is 0 Å². The molecule has 21 heavy (non-hydrogen) atoms. The predicted octanol–water partition coefficient (Wildman–Crippen LogP) is 4.65. The Hall–Kier alpha value is -1.71. The first-order valence-corrected chi connectivity index (χ1v) is 7.47. The molecule has 1 aromatic carbocycles. The van der Waals surface area contributed by atoms with Gasteiger partial charge in [0.05, 0.1) is 5.52 Å². The second kappa shape index (κ2) is 5.58. The maximum Gasteiger partial charge on any atom is 0.265 e. The zero-order valence-electron chi connectivity index (χ0n) is 12.4. The number of alkyl halides is 2. The van der Waals surface area contributed by atoms with Gasteiger partial charge in [-0.1, -0.05) is 13.8 Å². The van der Waals surface area contributed by atoms with Gasteiger partial charge in [-0.05, 0) is 42.5 Å². The minimum absolute atomic E-state index is 0.0208. The molecule has 2 atom stereocenters. The van der Waals surface area contributed by atoms with Crippen molar-refractivity contribution in [1.82, 2.24) is 4.98 Å². The number of benzene rings is 1. The van der Waals surface area contributed by atoms with Crippen LogP contribution in [0.4, 0.5) is 14.5 Å². The number of aromatic nitrogens is 1. The van der Waals surface area contributed by atoms with E-state index in [0.29, 0.717) is 17.4 Å². The summed E-state index contributed by atoms with van der Waals surface area (Å²) in [6.45, 7) is 6.44. The molecule has 0 aliphatic carbocycles. The molecule has 2 aromatic rings. The summed E-state index contributed by atoms with van der Waals surface area (Å²) in [5.41, 5.74) is 1.48. The quantitative estimate of drug-likeness (QED) is 0.800. The molecule has 0 radical (unpaired) electrons. The Bertz CT molecular complexity index is 632.